The Labute approximate surface area is 112 Å². The highest BCUT2D eigenvalue weighted by Gasteiger charge is 2.20. The molecule has 1 amide bonds. The van der Waals surface area contributed by atoms with Crippen molar-refractivity contribution >= 4 is 15.7 Å². The number of carbonyl (C=O) groups is 1. The summed E-state index contributed by atoms with van der Waals surface area (Å²) in [5, 5.41) is 2.72. The number of sulfone groups is 1. The number of nitrogens with one attached hydrogen (secondary N) is 1. The van der Waals surface area contributed by atoms with E-state index in [1.165, 1.54) is 12.1 Å². The summed E-state index contributed by atoms with van der Waals surface area (Å²) in [6.45, 7) is 1.14. The number of rotatable bonds is 4. The van der Waals surface area contributed by atoms with Crippen LogP contribution in [-0.4, -0.2) is 39.8 Å². The second-order valence-electron chi connectivity index (χ2n) is 4.61. The third-order valence-electron chi connectivity index (χ3n) is 3.05. The molecule has 0 aromatic heterocycles. The summed E-state index contributed by atoms with van der Waals surface area (Å²) < 4.78 is 28.6. The Morgan fingerprint density at radius 1 is 1.42 bits per heavy atom. The number of carbonyl (C=O) groups excluding carboxylic acids is 1. The maximum Gasteiger partial charge on any atom is 0.252 e. The fraction of sp³-hybridized carbons (Fsp3) is 0.462. The fourth-order valence-electron chi connectivity index (χ4n) is 2.08. The minimum atomic E-state index is -3.41. The molecule has 19 heavy (non-hydrogen) atoms. The Morgan fingerprint density at radius 2 is 2.16 bits per heavy atom. The molecule has 1 heterocycles. The molecular formula is C13H17NO4S. The number of hydrogen-bond donors (Lipinski definition) is 1. The molecule has 1 fully saturated rings. The van der Waals surface area contributed by atoms with E-state index >= 15 is 0 Å². The Balaban J connectivity index is 2.10. The SMILES string of the molecule is CS(=O)(=O)c1ccccc1C(=O)NC[C@@H]1CCCO1. The van der Waals surface area contributed by atoms with Crippen molar-refractivity contribution in [1.29, 1.82) is 0 Å². The first-order chi connectivity index (χ1) is 8.98. The van der Waals surface area contributed by atoms with E-state index < -0.39 is 9.84 Å². The Kier molecular flexibility index (Phi) is 4.21. The van der Waals surface area contributed by atoms with Crippen LogP contribution in [-0.2, 0) is 14.6 Å². The van der Waals surface area contributed by atoms with E-state index in [4.69, 9.17) is 4.74 Å². The van der Waals surface area contributed by atoms with E-state index in [1.54, 1.807) is 12.1 Å². The highest BCUT2D eigenvalue weighted by atomic mass is 32.2. The molecule has 0 radical (unpaired) electrons. The molecular weight excluding hydrogens is 266 g/mol. The van der Waals surface area contributed by atoms with E-state index in [9.17, 15) is 13.2 Å². The summed E-state index contributed by atoms with van der Waals surface area (Å²) in [5.41, 5.74) is 0.183. The van der Waals surface area contributed by atoms with Crippen LogP contribution in [0.3, 0.4) is 0 Å². The summed E-state index contributed by atoms with van der Waals surface area (Å²) >= 11 is 0. The summed E-state index contributed by atoms with van der Waals surface area (Å²) in [6, 6.07) is 6.21. The van der Waals surface area contributed by atoms with Crippen molar-refractivity contribution in [2.75, 3.05) is 19.4 Å². The van der Waals surface area contributed by atoms with Crippen molar-refractivity contribution in [2.45, 2.75) is 23.8 Å². The van der Waals surface area contributed by atoms with E-state index in [-0.39, 0.29) is 22.5 Å². The first kappa shape index (κ1) is 14.0. The van der Waals surface area contributed by atoms with Crippen molar-refractivity contribution in [2.24, 2.45) is 0 Å². The second-order valence-corrected chi connectivity index (χ2v) is 6.60. The molecule has 104 valence electrons. The van der Waals surface area contributed by atoms with E-state index in [1.807, 2.05) is 0 Å². The highest BCUT2D eigenvalue weighted by Crippen LogP contribution is 2.16. The molecule has 1 aliphatic rings. The van der Waals surface area contributed by atoms with Gasteiger partial charge < -0.3 is 10.1 Å². The maximum atomic E-state index is 12.0. The third-order valence-corrected chi connectivity index (χ3v) is 4.20. The zero-order valence-corrected chi connectivity index (χ0v) is 11.6. The molecule has 1 aromatic carbocycles. The first-order valence-corrected chi connectivity index (χ1v) is 8.06. The quantitative estimate of drug-likeness (QED) is 0.894. The minimum Gasteiger partial charge on any atom is -0.376 e. The smallest absolute Gasteiger partial charge is 0.252 e. The highest BCUT2D eigenvalue weighted by molar-refractivity contribution is 7.90. The van der Waals surface area contributed by atoms with Crippen LogP contribution in [0.15, 0.2) is 29.2 Å². The molecule has 0 spiro atoms. The molecule has 1 aliphatic heterocycles. The van der Waals surface area contributed by atoms with Crippen molar-refractivity contribution in [3.8, 4) is 0 Å². The number of benzene rings is 1. The van der Waals surface area contributed by atoms with Gasteiger partial charge in [0.2, 0.25) is 0 Å². The molecule has 0 unspecified atom stereocenters. The number of ether oxygens (including phenoxy) is 1. The molecule has 1 atom stereocenters. The van der Waals surface area contributed by atoms with Crippen molar-refractivity contribution in [3.63, 3.8) is 0 Å². The normalized spacial score (nSPS) is 19.3. The lowest BCUT2D eigenvalue weighted by molar-refractivity contribution is 0.0855. The van der Waals surface area contributed by atoms with Crippen LogP contribution in [0.4, 0.5) is 0 Å². The summed E-state index contributed by atoms with van der Waals surface area (Å²) in [6.07, 6.45) is 3.06. The van der Waals surface area contributed by atoms with E-state index in [0.717, 1.165) is 25.7 Å². The lowest BCUT2D eigenvalue weighted by Crippen LogP contribution is -2.32. The Bertz CT molecular complexity index is 562. The summed E-state index contributed by atoms with van der Waals surface area (Å²) in [5.74, 6) is -0.378. The van der Waals surface area contributed by atoms with Crippen molar-refractivity contribution < 1.29 is 17.9 Å². The molecule has 5 nitrogen and oxygen atoms in total. The maximum absolute atomic E-state index is 12.0. The summed E-state index contributed by atoms with van der Waals surface area (Å²) in [4.78, 5) is 12.1. The molecule has 0 bridgehead atoms. The number of hydrogen-bond acceptors (Lipinski definition) is 4. The van der Waals surface area contributed by atoms with Crippen LogP contribution < -0.4 is 5.32 Å². The average Bonchev–Trinajstić information content (AvgIpc) is 2.88. The molecule has 1 aromatic rings. The molecule has 2 rings (SSSR count). The molecule has 6 heteroatoms. The van der Waals surface area contributed by atoms with Crippen LogP contribution in [0, 0.1) is 0 Å². The lowest BCUT2D eigenvalue weighted by atomic mass is 10.2. The lowest BCUT2D eigenvalue weighted by Gasteiger charge is -2.12. The monoisotopic (exact) mass is 283 g/mol. The Morgan fingerprint density at radius 3 is 2.79 bits per heavy atom. The van der Waals surface area contributed by atoms with Gasteiger partial charge in [-0.1, -0.05) is 12.1 Å². The third kappa shape index (κ3) is 3.54. The van der Waals surface area contributed by atoms with Gasteiger partial charge in [-0.25, -0.2) is 8.42 Å². The van der Waals surface area contributed by atoms with E-state index in [0.29, 0.717) is 6.54 Å². The van der Waals surface area contributed by atoms with E-state index in [2.05, 4.69) is 5.32 Å². The zero-order chi connectivity index (χ0) is 13.9. The van der Waals surface area contributed by atoms with Crippen molar-refractivity contribution in [1.82, 2.24) is 5.32 Å². The molecule has 0 aliphatic carbocycles. The van der Waals surface area contributed by atoms with Gasteiger partial charge in [0.1, 0.15) is 0 Å². The summed E-state index contributed by atoms with van der Waals surface area (Å²) in [7, 11) is -3.41. The minimum absolute atomic E-state index is 0.0364. The van der Waals surface area contributed by atoms with Gasteiger partial charge in [0.05, 0.1) is 16.6 Å². The standard InChI is InChI=1S/C13H17NO4S/c1-19(16,17)12-7-3-2-6-11(12)13(15)14-9-10-5-4-8-18-10/h2-3,6-7,10H,4-5,8-9H2,1H3,(H,14,15)/t10-/m0/s1. The van der Waals surface area contributed by atoms with Crippen LogP contribution >= 0.6 is 0 Å². The van der Waals surface area contributed by atoms with Gasteiger partial charge in [0.15, 0.2) is 9.84 Å². The average molecular weight is 283 g/mol. The van der Waals surface area contributed by atoms with Crippen LogP contribution in [0.5, 0.6) is 0 Å². The van der Waals surface area contributed by atoms with Crippen LogP contribution in [0.2, 0.25) is 0 Å². The van der Waals surface area contributed by atoms with Gasteiger partial charge in [0.25, 0.3) is 5.91 Å². The van der Waals surface area contributed by atoms with Crippen LogP contribution in [0.25, 0.3) is 0 Å². The number of amides is 1. The molecule has 0 saturated carbocycles. The predicted octanol–water partition coefficient (Wildman–Crippen LogP) is 0.999. The zero-order valence-electron chi connectivity index (χ0n) is 10.8. The second kappa shape index (κ2) is 5.71. The van der Waals surface area contributed by atoms with Gasteiger partial charge in [0, 0.05) is 19.4 Å². The molecule has 1 N–H and O–H groups in total. The largest absolute Gasteiger partial charge is 0.376 e. The fourth-order valence-corrected chi connectivity index (χ4v) is 2.97. The Hall–Kier alpha value is -1.40. The van der Waals surface area contributed by atoms with Gasteiger partial charge in [-0.05, 0) is 25.0 Å². The van der Waals surface area contributed by atoms with Gasteiger partial charge in [-0.15, -0.1) is 0 Å². The predicted molar refractivity (Wildman–Crippen MR) is 70.9 cm³/mol. The van der Waals surface area contributed by atoms with Gasteiger partial charge in [-0.2, -0.15) is 0 Å². The van der Waals surface area contributed by atoms with Crippen LogP contribution in [0.1, 0.15) is 23.2 Å². The first-order valence-electron chi connectivity index (χ1n) is 6.17. The molecule has 1 saturated heterocycles. The van der Waals surface area contributed by atoms with Gasteiger partial charge >= 0.3 is 0 Å². The van der Waals surface area contributed by atoms with Crippen molar-refractivity contribution in [3.05, 3.63) is 29.8 Å². The van der Waals surface area contributed by atoms with Gasteiger partial charge in [-0.3, -0.25) is 4.79 Å². The topological polar surface area (TPSA) is 72.5 Å².